The lowest BCUT2D eigenvalue weighted by Crippen LogP contribution is -2.17. The first-order chi connectivity index (χ1) is 9.56. The van der Waals surface area contributed by atoms with E-state index in [2.05, 4.69) is 16.6 Å². The summed E-state index contributed by atoms with van der Waals surface area (Å²) in [5.41, 5.74) is 12.5. The summed E-state index contributed by atoms with van der Waals surface area (Å²) in [6.07, 6.45) is 1.64. The van der Waals surface area contributed by atoms with Gasteiger partial charge in [-0.25, -0.2) is 5.43 Å². The highest BCUT2D eigenvalue weighted by molar-refractivity contribution is 5.95. The predicted octanol–water partition coefficient (Wildman–Crippen LogP) is 2.65. The fraction of sp³-hybridized carbons (Fsp3) is 0.125. The van der Waals surface area contributed by atoms with Crippen LogP contribution in [0.2, 0.25) is 0 Å². The molecule has 0 aliphatic rings. The SMILES string of the molecule is Cc1ccc(/C=N\NC(=O)c2ccc(N)cc2)c(C)c1. The van der Waals surface area contributed by atoms with Gasteiger partial charge in [0.15, 0.2) is 0 Å². The van der Waals surface area contributed by atoms with Crippen LogP contribution >= 0.6 is 0 Å². The topological polar surface area (TPSA) is 67.5 Å². The van der Waals surface area contributed by atoms with Gasteiger partial charge in [-0.3, -0.25) is 4.79 Å². The first kappa shape index (κ1) is 13.8. The van der Waals surface area contributed by atoms with Gasteiger partial charge in [0.25, 0.3) is 5.91 Å². The number of nitrogen functional groups attached to an aromatic ring is 1. The molecule has 0 fully saturated rings. The smallest absolute Gasteiger partial charge is 0.271 e. The summed E-state index contributed by atoms with van der Waals surface area (Å²) in [6, 6.07) is 12.8. The molecule has 0 heterocycles. The van der Waals surface area contributed by atoms with Gasteiger partial charge in [0.2, 0.25) is 0 Å². The van der Waals surface area contributed by atoms with Crippen LogP contribution in [0.1, 0.15) is 27.0 Å². The summed E-state index contributed by atoms with van der Waals surface area (Å²) in [4.78, 5) is 11.8. The molecule has 2 aromatic rings. The van der Waals surface area contributed by atoms with Crippen molar-refractivity contribution in [2.75, 3.05) is 5.73 Å². The molecule has 0 atom stereocenters. The molecule has 0 aromatic heterocycles. The number of hydrogen-bond acceptors (Lipinski definition) is 3. The van der Waals surface area contributed by atoms with E-state index in [0.717, 1.165) is 11.1 Å². The number of hydrazone groups is 1. The molecular weight excluding hydrogens is 250 g/mol. The van der Waals surface area contributed by atoms with Crippen molar-refractivity contribution in [3.63, 3.8) is 0 Å². The Kier molecular flexibility index (Phi) is 4.15. The number of rotatable bonds is 3. The van der Waals surface area contributed by atoms with E-state index in [4.69, 9.17) is 5.73 Å². The second-order valence-electron chi connectivity index (χ2n) is 4.68. The maximum atomic E-state index is 11.8. The highest BCUT2D eigenvalue weighted by atomic mass is 16.2. The van der Waals surface area contributed by atoms with E-state index in [0.29, 0.717) is 11.3 Å². The standard InChI is InChI=1S/C16H17N3O/c1-11-3-4-14(12(2)9-11)10-18-19-16(20)13-5-7-15(17)8-6-13/h3-10H,17H2,1-2H3,(H,19,20)/b18-10-. The van der Waals surface area contributed by atoms with Crippen LogP contribution in [0, 0.1) is 13.8 Å². The van der Waals surface area contributed by atoms with Crippen LogP contribution in [0.3, 0.4) is 0 Å². The van der Waals surface area contributed by atoms with Crippen LogP contribution in [-0.2, 0) is 0 Å². The van der Waals surface area contributed by atoms with E-state index in [1.807, 2.05) is 26.0 Å². The summed E-state index contributed by atoms with van der Waals surface area (Å²) >= 11 is 0. The number of anilines is 1. The Bertz CT molecular complexity index is 645. The van der Waals surface area contributed by atoms with Gasteiger partial charge in [-0.15, -0.1) is 0 Å². The highest BCUT2D eigenvalue weighted by Gasteiger charge is 2.03. The summed E-state index contributed by atoms with van der Waals surface area (Å²) < 4.78 is 0. The molecule has 4 nitrogen and oxygen atoms in total. The van der Waals surface area contributed by atoms with Crippen molar-refractivity contribution >= 4 is 17.8 Å². The molecule has 0 unspecified atom stereocenters. The lowest BCUT2D eigenvalue weighted by molar-refractivity contribution is 0.0955. The van der Waals surface area contributed by atoms with Crippen molar-refractivity contribution in [3.05, 3.63) is 64.7 Å². The van der Waals surface area contributed by atoms with Gasteiger partial charge in [0.1, 0.15) is 0 Å². The zero-order valence-corrected chi connectivity index (χ0v) is 11.6. The largest absolute Gasteiger partial charge is 0.399 e. The Balaban J connectivity index is 2.02. The fourth-order valence-corrected chi connectivity index (χ4v) is 1.83. The third-order valence-electron chi connectivity index (χ3n) is 2.97. The van der Waals surface area contributed by atoms with E-state index in [-0.39, 0.29) is 5.91 Å². The van der Waals surface area contributed by atoms with Crippen molar-refractivity contribution < 1.29 is 4.79 Å². The quantitative estimate of drug-likeness (QED) is 0.510. The van der Waals surface area contributed by atoms with Crippen molar-refractivity contribution in [2.45, 2.75) is 13.8 Å². The molecule has 0 radical (unpaired) electrons. The summed E-state index contributed by atoms with van der Waals surface area (Å²) in [5.74, 6) is -0.258. The number of carbonyl (C=O) groups excluding carboxylic acids is 1. The van der Waals surface area contributed by atoms with Crippen LogP contribution in [-0.4, -0.2) is 12.1 Å². The van der Waals surface area contributed by atoms with Crippen molar-refractivity contribution in [2.24, 2.45) is 5.10 Å². The van der Waals surface area contributed by atoms with Crippen LogP contribution in [0.15, 0.2) is 47.6 Å². The zero-order valence-electron chi connectivity index (χ0n) is 11.6. The molecule has 0 aliphatic carbocycles. The molecule has 0 saturated heterocycles. The second-order valence-corrected chi connectivity index (χ2v) is 4.68. The van der Waals surface area contributed by atoms with Crippen LogP contribution < -0.4 is 11.2 Å². The van der Waals surface area contributed by atoms with Gasteiger partial charge in [-0.1, -0.05) is 23.8 Å². The van der Waals surface area contributed by atoms with E-state index in [1.165, 1.54) is 5.56 Å². The third kappa shape index (κ3) is 3.45. The molecule has 4 heteroatoms. The number of nitrogens with one attached hydrogen (secondary N) is 1. The van der Waals surface area contributed by atoms with Crippen molar-refractivity contribution in [3.8, 4) is 0 Å². The number of amides is 1. The van der Waals surface area contributed by atoms with Crippen molar-refractivity contribution in [1.82, 2.24) is 5.43 Å². The minimum absolute atomic E-state index is 0.258. The monoisotopic (exact) mass is 267 g/mol. The Morgan fingerprint density at radius 1 is 1.15 bits per heavy atom. The lowest BCUT2D eigenvalue weighted by atomic mass is 10.1. The number of carbonyl (C=O) groups is 1. The Morgan fingerprint density at radius 2 is 1.85 bits per heavy atom. The number of hydrogen-bond donors (Lipinski definition) is 2. The number of benzene rings is 2. The maximum Gasteiger partial charge on any atom is 0.271 e. The molecule has 20 heavy (non-hydrogen) atoms. The Morgan fingerprint density at radius 3 is 2.50 bits per heavy atom. The summed E-state index contributed by atoms with van der Waals surface area (Å²) in [5, 5.41) is 3.98. The van der Waals surface area contributed by atoms with Gasteiger partial charge in [-0.2, -0.15) is 5.10 Å². The van der Waals surface area contributed by atoms with E-state index in [1.54, 1.807) is 30.5 Å². The molecular formula is C16H17N3O. The van der Waals surface area contributed by atoms with E-state index < -0.39 is 0 Å². The molecule has 0 spiro atoms. The van der Waals surface area contributed by atoms with E-state index >= 15 is 0 Å². The predicted molar refractivity (Wildman–Crippen MR) is 81.8 cm³/mol. The van der Waals surface area contributed by atoms with Gasteiger partial charge in [-0.05, 0) is 49.2 Å². The molecule has 102 valence electrons. The summed E-state index contributed by atoms with van der Waals surface area (Å²) in [6.45, 7) is 4.05. The van der Waals surface area contributed by atoms with Gasteiger partial charge in [0.05, 0.1) is 6.21 Å². The fourth-order valence-electron chi connectivity index (χ4n) is 1.83. The Labute approximate surface area is 118 Å². The molecule has 0 bridgehead atoms. The first-order valence-electron chi connectivity index (χ1n) is 6.32. The van der Waals surface area contributed by atoms with Gasteiger partial charge < -0.3 is 5.73 Å². The minimum Gasteiger partial charge on any atom is -0.399 e. The van der Waals surface area contributed by atoms with Crippen LogP contribution in [0.4, 0.5) is 5.69 Å². The summed E-state index contributed by atoms with van der Waals surface area (Å²) in [7, 11) is 0. The van der Waals surface area contributed by atoms with Gasteiger partial charge >= 0.3 is 0 Å². The third-order valence-corrected chi connectivity index (χ3v) is 2.97. The molecule has 2 rings (SSSR count). The molecule has 3 N–H and O–H groups in total. The highest BCUT2D eigenvalue weighted by Crippen LogP contribution is 2.08. The number of nitrogens with two attached hydrogens (primary N) is 1. The maximum absolute atomic E-state index is 11.8. The number of nitrogens with zero attached hydrogens (tertiary/aromatic N) is 1. The second kappa shape index (κ2) is 6.02. The zero-order chi connectivity index (χ0) is 14.5. The normalized spacial score (nSPS) is 10.7. The Hall–Kier alpha value is -2.62. The average molecular weight is 267 g/mol. The van der Waals surface area contributed by atoms with E-state index in [9.17, 15) is 4.79 Å². The number of aryl methyl sites for hydroxylation is 2. The first-order valence-corrected chi connectivity index (χ1v) is 6.32. The van der Waals surface area contributed by atoms with Crippen LogP contribution in [0.25, 0.3) is 0 Å². The lowest BCUT2D eigenvalue weighted by Gasteiger charge is -2.02. The van der Waals surface area contributed by atoms with Crippen LogP contribution in [0.5, 0.6) is 0 Å². The van der Waals surface area contributed by atoms with Gasteiger partial charge in [0, 0.05) is 11.3 Å². The molecule has 2 aromatic carbocycles. The molecule has 0 aliphatic heterocycles. The molecule has 0 saturated carbocycles. The van der Waals surface area contributed by atoms with Crippen molar-refractivity contribution in [1.29, 1.82) is 0 Å². The molecule has 1 amide bonds. The average Bonchev–Trinajstić information content (AvgIpc) is 2.42. The minimum atomic E-state index is -0.258.